The molecule has 7 nitrogen and oxygen atoms in total. The molecule has 2 heterocycles. The van der Waals surface area contributed by atoms with E-state index in [9.17, 15) is 9.35 Å². The molecule has 2 fully saturated rings. The van der Waals surface area contributed by atoms with Gasteiger partial charge in [0, 0.05) is 26.0 Å². The number of likely N-dealkylation sites (tertiary alicyclic amines) is 1. The number of hydrogen-bond donors (Lipinski definition) is 0. The number of benzene rings is 1. The number of piperidine rings is 1. The first-order valence-electron chi connectivity index (χ1n) is 14.8. The second kappa shape index (κ2) is 14.3. The van der Waals surface area contributed by atoms with Gasteiger partial charge in [-0.2, -0.15) is 0 Å². The molecule has 0 radical (unpaired) electrons. The van der Waals surface area contributed by atoms with Crippen LogP contribution >= 0.6 is 0 Å². The van der Waals surface area contributed by atoms with Crippen LogP contribution in [-0.2, 0) is 35.9 Å². The normalized spacial score (nSPS) is 20.1. The van der Waals surface area contributed by atoms with Gasteiger partial charge in [-0.1, -0.05) is 67.8 Å². The molecule has 0 aliphatic carbocycles. The topological polar surface area (TPSA) is 74.3 Å². The molecule has 2 atom stereocenters. The Morgan fingerprint density at radius 1 is 1.25 bits per heavy atom. The largest absolute Gasteiger partial charge is 0.597 e. The predicted molar refractivity (Wildman–Crippen MR) is 166 cm³/mol. The molecule has 0 amide bonds. The lowest BCUT2D eigenvalue weighted by atomic mass is 9.79. The summed E-state index contributed by atoms with van der Waals surface area (Å²) in [6.45, 7) is 24.0. The molecule has 2 saturated heterocycles. The van der Waals surface area contributed by atoms with Crippen molar-refractivity contribution in [2.24, 2.45) is 5.92 Å². The lowest BCUT2D eigenvalue weighted by Gasteiger charge is -2.50. The van der Waals surface area contributed by atoms with E-state index >= 15 is 0 Å². The second-order valence-corrected chi connectivity index (χ2v) is 21.2. The smallest absolute Gasteiger partial charge is 0.314 e. The van der Waals surface area contributed by atoms with Crippen LogP contribution in [0, 0.1) is 5.92 Å². The molecule has 3 rings (SSSR count). The summed E-state index contributed by atoms with van der Waals surface area (Å²) < 4.78 is 32.9. The van der Waals surface area contributed by atoms with E-state index in [0.29, 0.717) is 19.8 Å². The lowest BCUT2D eigenvalue weighted by molar-refractivity contribution is -0.146. The van der Waals surface area contributed by atoms with E-state index in [1.807, 2.05) is 25.1 Å². The second-order valence-electron chi connectivity index (χ2n) is 13.4. The maximum absolute atomic E-state index is 13.8. The van der Waals surface area contributed by atoms with Crippen molar-refractivity contribution in [2.75, 3.05) is 52.8 Å². The van der Waals surface area contributed by atoms with Crippen LogP contribution in [0.15, 0.2) is 36.9 Å². The van der Waals surface area contributed by atoms with Crippen LogP contribution in [0.5, 0.6) is 0 Å². The van der Waals surface area contributed by atoms with Gasteiger partial charge in [0.15, 0.2) is 0 Å². The van der Waals surface area contributed by atoms with Gasteiger partial charge in [0.05, 0.1) is 19.1 Å². The zero-order chi connectivity index (χ0) is 29.6. The Labute approximate surface area is 246 Å². The van der Waals surface area contributed by atoms with Crippen LogP contribution in [0.3, 0.4) is 0 Å². The molecule has 1 aromatic carbocycles. The van der Waals surface area contributed by atoms with E-state index < -0.39 is 29.7 Å². The average Bonchev–Trinajstić information content (AvgIpc) is 2.88. The zero-order valence-corrected chi connectivity index (χ0v) is 27.7. The molecule has 0 saturated carbocycles. The molecule has 40 heavy (non-hydrogen) atoms. The number of carbonyl (C=O) groups excluding carboxylic acids is 1. The number of ether oxygens (including phenoxy) is 3. The van der Waals surface area contributed by atoms with Gasteiger partial charge in [-0.3, -0.25) is 4.79 Å². The highest BCUT2D eigenvalue weighted by Crippen LogP contribution is 2.42. The summed E-state index contributed by atoms with van der Waals surface area (Å²) >= 11 is -1.30. The van der Waals surface area contributed by atoms with Gasteiger partial charge in [-0.05, 0) is 76.3 Å². The number of rotatable bonds is 14. The predicted octanol–water partition coefficient (Wildman–Crippen LogP) is 5.53. The molecule has 0 N–H and O–H groups in total. The Hall–Kier alpha value is -1.20. The molecular weight excluding hydrogens is 541 g/mol. The molecule has 226 valence electrons. The summed E-state index contributed by atoms with van der Waals surface area (Å²) in [4.78, 5) is 15.7. The van der Waals surface area contributed by atoms with Crippen LogP contribution < -0.4 is 0 Å². The van der Waals surface area contributed by atoms with Crippen molar-refractivity contribution in [3.63, 3.8) is 0 Å². The summed E-state index contributed by atoms with van der Waals surface area (Å²) in [5, 5.41) is 0. The monoisotopic (exact) mass is 592 g/mol. The van der Waals surface area contributed by atoms with Gasteiger partial charge >= 0.3 is 5.97 Å². The fraction of sp³-hybridized carbons (Fsp3) is 0.710. The van der Waals surface area contributed by atoms with Crippen molar-refractivity contribution in [3.05, 3.63) is 48.0 Å². The Morgan fingerprint density at radius 3 is 2.35 bits per heavy atom. The van der Waals surface area contributed by atoms with Crippen molar-refractivity contribution < 1.29 is 23.6 Å². The quantitative estimate of drug-likeness (QED) is 0.0702. The highest BCUT2D eigenvalue weighted by Gasteiger charge is 2.54. The Balaban J connectivity index is 1.87. The van der Waals surface area contributed by atoms with E-state index in [-0.39, 0.29) is 31.1 Å². The average molecular weight is 593 g/mol. The molecule has 2 unspecified atom stereocenters. The molecule has 0 bridgehead atoms. The van der Waals surface area contributed by atoms with Crippen LogP contribution in [-0.4, -0.2) is 85.3 Å². The van der Waals surface area contributed by atoms with Gasteiger partial charge in [0.1, 0.15) is 23.6 Å². The van der Waals surface area contributed by atoms with Crippen molar-refractivity contribution >= 4 is 25.4 Å². The first-order chi connectivity index (χ1) is 18.8. The van der Waals surface area contributed by atoms with Crippen LogP contribution in [0.2, 0.25) is 25.7 Å². The van der Waals surface area contributed by atoms with Crippen molar-refractivity contribution in [1.29, 1.82) is 0 Å². The van der Waals surface area contributed by atoms with E-state index in [4.69, 9.17) is 14.2 Å². The van der Waals surface area contributed by atoms with Gasteiger partial charge in [-0.25, -0.2) is 0 Å². The molecule has 0 aromatic heterocycles. The van der Waals surface area contributed by atoms with E-state index in [0.717, 1.165) is 49.6 Å². The standard InChI is InChI=1S/C31H52N2O5SSi/c1-9-19-38-29(34)28(26-15-17-32(10-2)18-16-26)25-11-13-27(14-12-25)31(22-37-23-31)33(39(35)30(3,4)5)24-36-20-21-40(6,7)8/h9,11-14,26,28H,1,10,15-24H2,2-8H3. The van der Waals surface area contributed by atoms with Gasteiger partial charge in [0.2, 0.25) is 0 Å². The lowest BCUT2D eigenvalue weighted by Crippen LogP contribution is -2.64. The van der Waals surface area contributed by atoms with Gasteiger partial charge < -0.3 is 23.7 Å². The maximum atomic E-state index is 13.8. The Morgan fingerprint density at radius 2 is 1.88 bits per heavy atom. The summed E-state index contributed by atoms with van der Waals surface area (Å²) in [6.07, 6.45) is 3.55. The summed E-state index contributed by atoms with van der Waals surface area (Å²) in [5.41, 5.74) is 1.46. The molecular formula is C31H52N2O5SSi. The van der Waals surface area contributed by atoms with Gasteiger partial charge in [-0.15, -0.1) is 0 Å². The molecule has 1 aromatic rings. The highest BCUT2D eigenvalue weighted by molar-refractivity contribution is 7.90. The number of esters is 1. The summed E-state index contributed by atoms with van der Waals surface area (Å²) in [7, 11) is -1.24. The molecule has 2 aliphatic rings. The first-order valence-corrected chi connectivity index (χ1v) is 19.6. The number of nitrogens with zero attached hydrogens (tertiary/aromatic N) is 2. The highest BCUT2D eigenvalue weighted by atomic mass is 32.2. The fourth-order valence-electron chi connectivity index (χ4n) is 5.37. The minimum absolute atomic E-state index is 0.185. The molecule has 2 aliphatic heterocycles. The Bertz CT molecular complexity index is 950. The minimum Gasteiger partial charge on any atom is -0.597 e. The summed E-state index contributed by atoms with van der Waals surface area (Å²) in [5.74, 6) is -0.265. The van der Waals surface area contributed by atoms with Crippen LogP contribution in [0.4, 0.5) is 0 Å². The minimum atomic E-state index is -1.30. The summed E-state index contributed by atoms with van der Waals surface area (Å²) in [6, 6.07) is 9.35. The fourth-order valence-corrected chi connectivity index (χ4v) is 7.49. The molecule has 0 spiro atoms. The maximum Gasteiger partial charge on any atom is 0.314 e. The third-order valence-electron chi connectivity index (χ3n) is 8.04. The van der Waals surface area contributed by atoms with Crippen molar-refractivity contribution in [1.82, 2.24) is 9.21 Å². The first kappa shape index (κ1) is 33.3. The number of carbonyl (C=O) groups is 1. The van der Waals surface area contributed by atoms with E-state index in [1.165, 1.54) is 0 Å². The van der Waals surface area contributed by atoms with Crippen molar-refractivity contribution in [2.45, 2.75) is 82.4 Å². The number of hydrogen-bond acceptors (Lipinski definition) is 7. The SMILES string of the molecule is C=CCOC(=O)C(c1ccc(C2(N(COCC[Si](C)(C)C)[S+]([O-])C(C)(C)C)COC2)cc1)C1CCN(CC)CC1. The van der Waals surface area contributed by atoms with Crippen LogP contribution in [0.25, 0.3) is 0 Å². The molecule has 9 heteroatoms. The third-order valence-corrected chi connectivity index (χ3v) is 11.7. The third kappa shape index (κ3) is 8.43. The zero-order valence-electron chi connectivity index (χ0n) is 25.9. The van der Waals surface area contributed by atoms with E-state index in [2.05, 4.69) is 62.3 Å². The van der Waals surface area contributed by atoms with E-state index in [1.54, 1.807) is 6.08 Å². The van der Waals surface area contributed by atoms with Crippen molar-refractivity contribution in [3.8, 4) is 0 Å². The van der Waals surface area contributed by atoms with Gasteiger partial charge in [0.25, 0.3) is 0 Å². The van der Waals surface area contributed by atoms with Crippen LogP contribution in [0.1, 0.15) is 57.6 Å². The Kier molecular flexibility index (Phi) is 11.9.